The molecule has 1 saturated carbocycles. The summed E-state index contributed by atoms with van der Waals surface area (Å²) in [6, 6.07) is 9.34. The smallest absolute Gasteiger partial charge is 0.309 e. The van der Waals surface area contributed by atoms with E-state index in [0.717, 1.165) is 31.2 Å². The molecule has 1 amide bonds. The minimum atomic E-state index is -0.498. The minimum absolute atomic E-state index is 0.0849. The molecule has 0 heterocycles. The summed E-state index contributed by atoms with van der Waals surface area (Å²) >= 11 is 11.8. The molecule has 1 aliphatic carbocycles. The highest BCUT2D eigenvalue weighted by atomic mass is 35.5. The fourth-order valence-electron chi connectivity index (χ4n) is 3.71. The number of hydrogen-bond acceptors (Lipinski definition) is 3. The maximum absolute atomic E-state index is 14.6. The Morgan fingerprint density at radius 1 is 1.03 bits per heavy atom. The Labute approximate surface area is 185 Å². The van der Waals surface area contributed by atoms with Crippen molar-refractivity contribution in [3.63, 3.8) is 0 Å². The first kappa shape index (κ1) is 22.6. The van der Waals surface area contributed by atoms with Crippen LogP contribution in [0.3, 0.4) is 0 Å². The number of nitrogens with one attached hydrogen (secondary N) is 1. The first-order valence-corrected chi connectivity index (χ1v) is 10.8. The molecule has 7 heteroatoms. The van der Waals surface area contributed by atoms with Gasteiger partial charge in [-0.1, -0.05) is 29.3 Å². The maximum Gasteiger partial charge on any atom is 0.309 e. The highest BCUT2D eigenvalue weighted by molar-refractivity contribution is 6.42. The fraction of sp³-hybridized carbons (Fsp3) is 0.391. The van der Waals surface area contributed by atoms with Crippen LogP contribution in [0.1, 0.15) is 61.4 Å². The van der Waals surface area contributed by atoms with Crippen molar-refractivity contribution >= 4 is 40.8 Å². The number of amides is 1. The van der Waals surface area contributed by atoms with E-state index >= 15 is 0 Å². The van der Waals surface area contributed by atoms with Crippen molar-refractivity contribution in [1.29, 1.82) is 0 Å². The Bertz CT molecular complexity index is 940. The van der Waals surface area contributed by atoms with E-state index in [2.05, 4.69) is 5.32 Å². The molecule has 1 N–H and O–H groups in total. The number of ether oxygens (including phenoxy) is 1. The van der Waals surface area contributed by atoms with Crippen LogP contribution in [0.5, 0.6) is 0 Å². The van der Waals surface area contributed by atoms with Gasteiger partial charge in [0.05, 0.1) is 27.8 Å². The summed E-state index contributed by atoms with van der Waals surface area (Å²) in [5.74, 6) is -1.01. The van der Waals surface area contributed by atoms with Crippen LogP contribution >= 0.6 is 23.2 Å². The van der Waals surface area contributed by atoms with Gasteiger partial charge in [0.1, 0.15) is 5.82 Å². The van der Waals surface area contributed by atoms with Crippen LogP contribution in [0.25, 0.3) is 0 Å². The molecule has 160 valence electrons. The number of esters is 1. The van der Waals surface area contributed by atoms with Crippen molar-refractivity contribution in [3.05, 3.63) is 63.4 Å². The molecule has 30 heavy (non-hydrogen) atoms. The largest absolute Gasteiger partial charge is 0.463 e. The van der Waals surface area contributed by atoms with Gasteiger partial charge in [-0.2, -0.15) is 0 Å². The number of benzene rings is 2. The summed E-state index contributed by atoms with van der Waals surface area (Å²) in [6.07, 6.45) is 2.94. The molecule has 3 rings (SSSR count). The van der Waals surface area contributed by atoms with Gasteiger partial charge in [0, 0.05) is 5.56 Å². The molecule has 0 atom stereocenters. The zero-order valence-corrected chi connectivity index (χ0v) is 18.4. The lowest BCUT2D eigenvalue weighted by atomic mass is 9.78. The second-order valence-corrected chi connectivity index (χ2v) is 8.67. The lowest BCUT2D eigenvalue weighted by Gasteiger charge is -2.28. The standard InChI is InChI=1S/C23H24Cl2FNO3/c1-13(2)30-23(29)15-5-3-14(4-6-15)16-8-10-21(20(26)12-16)27-22(28)17-7-9-18(24)19(25)11-17/h7-15H,3-6H2,1-2H3,(H,27,28)/t14-,15+. The first-order chi connectivity index (χ1) is 14.2. The molecule has 0 unspecified atom stereocenters. The second kappa shape index (κ2) is 9.80. The molecule has 1 aliphatic rings. The monoisotopic (exact) mass is 451 g/mol. The molecule has 2 aromatic carbocycles. The lowest BCUT2D eigenvalue weighted by molar-refractivity contribution is -0.153. The van der Waals surface area contributed by atoms with Crippen molar-refractivity contribution in [1.82, 2.24) is 0 Å². The number of carbonyl (C=O) groups excluding carboxylic acids is 2. The molecule has 2 aromatic rings. The molecule has 0 radical (unpaired) electrons. The third kappa shape index (κ3) is 5.52. The molecule has 1 fully saturated rings. The van der Waals surface area contributed by atoms with Crippen LogP contribution in [0.15, 0.2) is 36.4 Å². The van der Waals surface area contributed by atoms with Gasteiger partial charge in [-0.25, -0.2) is 4.39 Å². The maximum atomic E-state index is 14.6. The predicted octanol–water partition coefficient (Wildman–Crippen LogP) is 6.61. The summed E-state index contributed by atoms with van der Waals surface area (Å²) < 4.78 is 19.9. The quantitative estimate of drug-likeness (QED) is 0.520. The highest BCUT2D eigenvalue weighted by Crippen LogP contribution is 2.37. The van der Waals surface area contributed by atoms with Gasteiger partial charge < -0.3 is 10.1 Å². The van der Waals surface area contributed by atoms with Crippen LogP contribution in [-0.4, -0.2) is 18.0 Å². The van der Waals surface area contributed by atoms with E-state index in [-0.39, 0.29) is 34.6 Å². The van der Waals surface area contributed by atoms with Gasteiger partial charge in [0.25, 0.3) is 5.91 Å². The topological polar surface area (TPSA) is 55.4 Å². The van der Waals surface area contributed by atoms with Crippen LogP contribution < -0.4 is 5.32 Å². The normalized spacial score (nSPS) is 18.9. The van der Waals surface area contributed by atoms with Crippen molar-refractivity contribution in [3.8, 4) is 0 Å². The van der Waals surface area contributed by atoms with Gasteiger partial charge in [-0.3, -0.25) is 9.59 Å². The number of halogens is 3. The lowest BCUT2D eigenvalue weighted by Crippen LogP contribution is -2.25. The Morgan fingerprint density at radius 2 is 1.73 bits per heavy atom. The second-order valence-electron chi connectivity index (χ2n) is 7.86. The summed E-state index contributed by atoms with van der Waals surface area (Å²) in [4.78, 5) is 24.4. The number of rotatable bonds is 5. The highest BCUT2D eigenvalue weighted by Gasteiger charge is 2.29. The van der Waals surface area contributed by atoms with E-state index < -0.39 is 11.7 Å². The van der Waals surface area contributed by atoms with Gasteiger partial charge in [0.15, 0.2) is 0 Å². The van der Waals surface area contributed by atoms with Crippen molar-refractivity contribution in [2.24, 2.45) is 5.92 Å². The van der Waals surface area contributed by atoms with E-state index in [4.69, 9.17) is 27.9 Å². The molecular formula is C23H24Cl2FNO3. The summed E-state index contributed by atoms with van der Waals surface area (Å²) in [6.45, 7) is 3.68. The Hall–Kier alpha value is -2.11. The molecule has 4 nitrogen and oxygen atoms in total. The van der Waals surface area contributed by atoms with E-state index in [9.17, 15) is 14.0 Å². The zero-order chi connectivity index (χ0) is 21.8. The average Bonchev–Trinajstić information content (AvgIpc) is 2.71. The van der Waals surface area contributed by atoms with Gasteiger partial charge in [-0.05, 0) is 81.3 Å². The molecule has 0 saturated heterocycles. The minimum Gasteiger partial charge on any atom is -0.463 e. The van der Waals surface area contributed by atoms with Gasteiger partial charge in [-0.15, -0.1) is 0 Å². The Morgan fingerprint density at radius 3 is 2.33 bits per heavy atom. The first-order valence-electron chi connectivity index (χ1n) is 10.0. The van der Waals surface area contributed by atoms with Gasteiger partial charge in [0.2, 0.25) is 0 Å². The molecule has 0 aromatic heterocycles. The van der Waals surface area contributed by atoms with Crippen molar-refractivity contribution < 1.29 is 18.7 Å². The number of carbonyl (C=O) groups is 2. The molecule has 0 spiro atoms. The van der Waals surface area contributed by atoms with Crippen LogP contribution in [0.4, 0.5) is 10.1 Å². The number of hydrogen-bond donors (Lipinski definition) is 1. The van der Waals surface area contributed by atoms with E-state index in [0.29, 0.717) is 10.6 Å². The Balaban J connectivity index is 1.62. The number of anilines is 1. The van der Waals surface area contributed by atoms with Crippen LogP contribution in [0.2, 0.25) is 10.0 Å². The third-order valence-electron chi connectivity index (χ3n) is 5.31. The van der Waals surface area contributed by atoms with Crippen LogP contribution in [0, 0.1) is 11.7 Å². The molecular weight excluding hydrogens is 428 g/mol. The van der Waals surface area contributed by atoms with Crippen molar-refractivity contribution in [2.75, 3.05) is 5.32 Å². The summed E-state index contributed by atoms with van der Waals surface area (Å²) in [7, 11) is 0. The zero-order valence-electron chi connectivity index (χ0n) is 16.9. The van der Waals surface area contributed by atoms with E-state index in [1.165, 1.54) is 24.3 Å². The van der Waals surface area contributed by atoms with E-state index in [1.54, 1.807) is 6.07 Å². The Kier molecular flexibility index (Phi) is 7.37. The fourth-order valence-corrected chi connectivity index (χ4v) is 4.01. The van der Waals surface area contributed by atoms with Crippen molar-refractivity contribution in [2.45, 2.75) is 51.6 Å². The molecule has 0 bridgehead atoms. The van der Waals surface area contributed by atoms with Crippen LogP contribution in [-0.2, 0) is 9.53 Å². The summed E-state index contributed by atoms with van der Waals surface area (Å²) in [5.41, 5.74) is 1.26. The molecule has 0 aliphatic heterocycles. The SMILES string of the molecule is CC(C)OC(=O)[C@H]1CC[C@@H](c2ccc(NC(=O)c3ccc(Cl)c(Cl)c3)c(F)c2)CC1. The van der Waals surface area contributed by atoms with E-state index in [1.807, 2.05) is 19.9 Å². The predicted molar refractivity (Wildman–Crippen MR) is 117 cm³/mol. The average molecular weight is 452 g/mol. The summed E-state index contributed by atoms with van der Waals surface area (Å²) in [5, 5.41) is 3.17. The third-order valence-corrected chi connectivity index (χ3v) is 6.05. The van der Waals surface area contributed by atoms with Gasteiger partial charge >= 0.3 is 5.97 Å².